The molecule has 1 unspecified atom stereocenters. The molecular weight excluding hydrogens is 437 g/mol. The van der Waals surface area contributed by atoms with Gasteiger partial charge in [0.25, 0.3) is 0 Å². The summed E-state index contributed by atoms with van der Waals surface area (Å²) >= 11 is 6.33. The first-order valence-electron chi connectivity index (χ1n) is 10.1. The van der Waals surface area contributed by atoms with E-state index in [1.165, 1.54) is 0 Å². The molecule has 0 bridgehead atoms. The normalized spacial score (nSPS) is 19.7. The van der Waals surface area contributed by atoms with E-state index in [1.807, 2.05) is 36.4 Å². The predicted octanol–water partition coefficient (Wildman–Crippen LogP) is 2.28. The van der Waals surface area contributed by atoms with Gasteiger partial charge < -0.3 is 0 Å². The molecule has 1 fully saturated rings. The van der Waals surface area contributed by atoms with Gasteiger partial charge in [-0.15, -0.1) is 0 Å². The molecule has 1 aliphatic heterocycles. The molecule has 2 aromatic rings. The number of nitrogens with zero attached hydrogens (tertiary/aromatic N) is 3. The third-order valence-electron chi connectivity index (χ3n) is 5.65. The molecule has 7 nitrogen and oxygen atoms in total. The van der Waals surface area contributed by atoms with E-state index in [2.05, 4.69) is 9.80 Å². The first-order chi connectivity index (χ1) is 14.9. The fraction of sp³-hybridized carbons (Fsp3) is 0.381. The maximum atomic E-state index is 11.7. The van der Waals surface area contributed by atoms with Gasteiger partial charge in [0.1, 0.15) is 0 Å². The fourth-order valence-corrected chi connectivity index (χ4v) is 4.72. The zero-order valence-electron chi connectivity index (χ0n) is 17.2. The number of hydrogen-bond donors (Lipinski definition) is 0. The molecule has 2 heterocycles. The van der Waals surface area contributed by atoms with Crippen LogP contribution in [0.2, 0.25) is 5.02 Å². The summed E-state index contributed by atoms with van der Waals surface area (Å²) in [5, 5.41) is 0.567. The van der Waals surface area contributed by atoms with Crippen molar-refractivity contribution in [1.82, 2.24) is 14.8 Å². The van der Waals surface area contributed by atoms with Gasteiger partial charge in [0, 0.05) is 0 Å². The van der Waals surface area contributed by atoms with Gasteiger partial charge in [0.2, 0.25) is 0 Å². The number of aromatic nitrogens is 1. The Morgan fingerprint density at radius 2 is 2.00 bits per heavy atom. The van der Waals surface area contributed by atoms with Crippen molar-refractivity contribution in [1.29, 1.82) is 0 Å². The first kappa shape index (κ1) is 22.3. The summed E-state index contributed by atoms with van der Waals surface area (Å²) in [5.41, 5.74) is 4.43. The van der Waals surface area contributed by atoms with E-state index in [0.29, 0.717) is 11.5 Å². The van der Waals surface area contributed by atoms with Crippen molar-refractivity contribution in [3.8, 4) is 0 Å². The number of rotatable bonds is 6. The van der Waals surface area contributed by atoms with Gasteiger partial charge in [0.15, 0.2) is 0 Å². The molecule has 0 saturated carbocycles. The van der Waals surface area contributed by atoms with Crippen molar-refractivity contribution < 1.29 is 17.3 Å². The number of fused-ring (bicyclic) bond motifs is 2. The van der Waals surface area contributed by atoms with Crippen molar-refractivity contribution in [2.24, 2.45) is 0 Å². The molecule has 1 atom stereocenters. The van der Waals surface area contributed by atoms with E-state index < -0.39 is 10.1 Å². The summed E-state index contributed by atoms with van der Waals surface area (Å²) in [4.78, 5) is 9.19. The Labute approximate surface area is 188 Å². The second-order valence-electron chi connectivity index (χ2n) is 7.75. The van der Waals surface area contributed by atoms with E-state index in [-0.39, 0.29) is 12.6 Å². The van der Waals surface area contributed by atoms with E-state index in [0.717, 1.165) is 67.5 Å². The van der Waals surface area contributed by atoms with Crippen LogP contribution in [0.3, 0.4) is 0 Å². The van der Waals surface area contributed by atoms with Crippen LogP contribution in [0.4, 0.5) is 0 Å². The zero-order valence-corrected chi connectivity index (χ0v) is 18.8. The van der Waals surface area contributed by atoms with Gasteiger partial charge >= 0.3 is 173 Å². The molecule has 10 heteroatoms. The Morgan fingerprint density at radius 1 is 1.23 bits per heavy atom. The van der Waals surface area contributed by atoms with Crippen LogP contribution in [-0.4, -0.2) is 75.8 Å². The van der Waals surface area contributed by atoms with Gasteiger partial charge in [-0.3, -0.25) is 0 Å². The van der Waals surface area contributed by atoms with Gasteiger partial charge in [-0.05, 0) is 0 Å². The Morgan fingerprint density at radius 3 is 2.71 bits per heavy atom. The summed E-state index contributed by atoms with van der Waals surface area (Å²) in [6.07, 6.45) is 5.19. The van der Waals surface area contributed by atoms with E-state index in [9.17, 15) is 13.1 Å². The number of benzene rings is 1. The minimum atomic E-state index is -3.60. The van der Waals surface area contributed by atoms with Crippen LogP contribution in [0.25, 0.3) is 11.6 Å². The SMILES string of the molecule is CS(=O)(=O)OCC1=Cc2cccnc2C(N2CCN(CB=O)CC2)c2ccc(Cl)cc21. The fourth-order valence-electron chi connectivity index (χ4n) is 4.21. The molecule has 4 rings (SSSR count). The molecular formula is C21H23BClN3O4S. The molecule has 2 aliphatic rings. The van der Waals surface area contributed by atoms with Gasteiger partial charge in [-0.1, -0.05) is 0 Å². The van der Waals surface area contributed by atoms with E-state index in [4.69, 9.17) is 20.8 Å². The Kier molecular flexibility index (Phi) is 6.69. The Hall–Kier alpha value is -1.91. The van der Waals surface area contributed by atoms with Crippen LogP contribution in [0.5, 0.6) is 0 Å². The van der Waals surface area contributed by atoms with Crippen LogP contribution < -0.4 is 0 Å². The van der Waals surface area contributed by atoms with Crippen LogP contribution in [-0.2, 0) is 19.0 Å². The number of halogens is 1. The summed E-state index contributed by atoms with van der Waals surface area (Å²) < 4.78 is 39.3. The summed E-state index contributed by atoms with van der Waals surface area (Å²) in [7, 11) is -2.67. The van der Waals surface area contributed by atoms with Crippen LogP contribution in [0.1, 0.15) is 28.4 Å². The Balaban J connectivity index is 1.78. The summed E-state index contributed by atoms with van der Waals surface area (Å²) in [6, 6.07) is 9.42. The molecule has 0 amide bonds. The molecule has 0 spiro atoms. The quantitative estimate of drug-likeness (QED) is 0.484. The number of pyridine rings is 1. The minimum absolute atomic E-state index is 0.0830. The third-order valence-corrected chi connectivity index (χ3v) is 6.43. The van der Waals surface area contributed by atoms with Crippen molar-refractivity contribution >= 4 is 40.5 Å². The second kappa shape index (κ2) is 9.30. The van der Waals surface area contributed by atoms with Gasteiger partial charge in [0.05, 0.1) is 6.26 Å². The molecule has 31 heavy (non-hydrogen) atoms. The topological polar surface area (TPSA) is 79.8 Å². The van der Waals surface area contributed by atoms with Crippen molar-refractivity contribution in [3.63, 3.8) is 0 Å². The molecule has 162 valence electrons. The van der Waals surface area contributed by atoms with E-state index >= 15 is 0 Å². The summed E-state index contributed by atoms with van der Waals surface area (Å²) in [6.45, 7) is 3.06. The van der Waals surface area contributed by atoms with Crippen LogP contribution >= 0.6 is 11.6 Å². The maximum absolute atomic E-state index is 11.7. The van der Waals surface area contributed by atoms with Gasteiger partial charge in [-0.25, -0.2) is 0 Å². The van der Waals surface area contributed by atoms with Crippen LogP contribution in [0.15, 0.2) is 36.5 Å². The van der Waals surface area contributed by atoms with Gasteiger partial charge in [-0.2, -0.15) is 8.42 Å². The average molecular weight is 460 g/mol. The first-order valence-corrected chi connectivity index (χ1v) is 12.2. The Bertz CT molecular complexity index is 1120. The second-order valence-corrected chi connectivity index (χ2v) is 9.83. The monoisotopic (exact) mass is 459 g/mol. The zero-order chi connectivity index (χ0) is 22.0. The summed E-state index contributed by atoms with van der Waals surface area (Å²) in [5.74, 6) is 0. The molecule has 0 radical (unpaired) electrons. The molecule has 1 saturated heterocycles. The van der Waals surface area contributed by atoms with Crippen molar-refractivity contribution in [3.05, 3.63) is 63.9 Å². The molecule has 1 aromatic heterocycles. The molecule has 1 aromatic carbocycles. The molecule has 1 aliphatic carbocycles. The standard InChI is InChI=1S/C21H23BClN3O4S/c1-31(28,29)30-13-16-11-15-3-2-6-24-20(15)21(18-5-4-17(23)12-19(16)18)26-9-7-25(8-10-26)14-22-27/h2-6,11-12,21H,7-10,13-14H2,1H3. The van der Waals surface area contributed by atoms with E-state index in [1.54, 1.807) is 6.20 Å². The number of hydrogen-bond acceptors (Lipinski definition) is 7. The predicted molar refractivity (Wildman–Crippen MR) is 121 cm³/mol. The van der Waals surface area contributed by atoms with Crippen molar-refractivity contribution in [2.45, 2.75) is 6.04 Å². The average Bonchev–Trinajstić information content (AvgIpc) is 2.87. The van der Waals surface area contributed by atoms with Crippen molar-refractivity contribution in [2.75, 3.05) is 45.5 Å². The third kappa shape index (κ3) is 5.13. The number of piperazine rings is 1. The van der Waals surface area contributed by atoms with Crippen LogP contribution in [0, 0.1) is 0 Å². The molecule has 0 N–H and O–H groups in total.